The molecule has 0 bridgehead atoms. The summed E-state index contributed by atoms with van der Waals surface area (Å²) in [4.78, 5) is 0. The zero-order valence-corrected chi connectivity index (χ0v) is 30.0. The van der Waals surface area contributed by atoms with E-state index in [0.29, 0.717) is 24.9 Å². The van der Waals surface area contributed by atoms with Crippen molar-refractivity contribution in [2.45, 2.75) is 109 Å². The Balaban J connectivity index is 1.94. The predicted molar refractivity (Wildman–Crippen MR) is 177 cm³/mol. The molecular weight excluding hydrogens is 599 g/mol. The van der Waals surface area contributed by atoms with Crippen LogP contribution in [0.15, 0.2) is 60.7 Å². The molecule has 0 spiro atoms. The van der Waals surface area contributed by atoms with Crippen molar-refractivity contribution in [1.29, 1.82) is 10.5 Å². The Bertz CT molecular complexity index is 1200. The number of ether oxygens (including phenoxy) is 1. The Hall–Kier alpha value is -1.92. The summed E-state index contributed by atoms with van der Waals surface area (Å²) in [6.07, 6.45) is 3.74. The fourth-order valence-corrected chi connectivity index (χ4v) is 9.52. The molecule has 228 valence electrons. The molecule has 5 atom stereocenters. The molecule has 4 nitrogen and oxygen atoms in total. The standard InChI is InChI=1S/C36H52N2O2SeSi/c1-27-20-21-31(35(6,7)29-16-12-10-13-17-29)32(24-27)40-33(41-30-18-14-11-15-19-30)28(2)36(25-37,26-38)22-23-39-42(8,9)34(3,4)5/h10-19,27-28,31-33H,20-24H2,1-9H3/t27-,28+,31-,32-,33-/m1/s1. The first-order valence-electron chi connectivity index (χ1n) is 15.6. The molecule has 0 aliphatic heterocycles. The summed E-state index contributed by atoms with van der Waals surface area (Å²) in [5, 5.41) is 21.0. The first-order valence-corrected chi connectivity index (χ1v) is 20.3. The van der Waals surface area contributed by atoms with Gasteiger partial charge in [-0.2, -0.15) is 0 Å². The van der Waals surface area contributed by atoms with Crippen LogP contribution in [0.4, 0.5) is 0 Å². The number of nitriles is 2. The summed E-state index contributed by atoms with van der Waals surface area (Å²) < 4.78 is 15.0. The summed E-state index contributed by atoms with van der Waals surface area (Å²) in [6, 6.07) is 26.2. The van der Waals surface area contributed by atoms with Gasteiger partial charge in [-0.1, -0.05) is 0 Å². The van der Waals surface area contributed by atoms with Crippen molar-refractivity contribution in [3.05, 3.63) is 66.2 Å². The van der Waals surface area contributed by atoms with Gasteiger partial charge in [-0.3, -0.25) is 0 Å². The Labute approximate surface area is 263 Å². The molecule has 42 heavy (non-hydrogen) atoms. The van der Waals surface area contributed by atoms with Gasteiger partial charge >= 0.3 is 264 Å². The number of nitrogens with zero attached hydrogens (tertiary/aromatic N) is 2. The van der Waals surface area contributed by atoms with Gasteiger partial charge in [-0.05, 0) is 0 Å². The molecular formula is C36H52N2O2SeSi. The minimum atomic E-state index is -2.00. The maximum absolute atomic E-state index is 10.6. The third-order valence-electron chi connectivity index (χ3n) is 10.2. The molecule has 6 heteroatoms. The Kier molecular flexibility index (Phi) is 11.7. The van der Waals surface area contributed by atoms with E-state index in [9.17, 15) is 10.5 Å². The van der Waals surface area contributed by atoms with Crippen LogP contribution in [-0.4, -0.2) is 41.0 Å². The topological polar surface area (TPSA) is 66.0 Å². The van der Waals surface area contributed by atoms with Gasteiger partial charge in [0, 0.05) is 0 Å². The Morgan fingerprint density at radius 1 is 0.929 bits per heavy atom. The van der Waals surface area contributed by atoms with Gasteiger partial charge in [0.1, 0.15) is 0 Å². The first kappa shape index (κ1) is 34.6. The van der Waals surface area contributed by atoms with Gasteiger partial charge in [0.2, 0.25) is 0 Å². The van der Waals surface area contributed by atoms with Crippen LogP contribution in [0.2, 0.25) is 18.1 Å². The zero-order valence-electron chi connectivity index (χ0n) is 27.3. The Morgan fingerprint density at radius 3 is 2.05 bits per heavy atom. The van der Waals surface area contributed by atoms with E-state index in [0.717, 1.165) is 12.8 Å². The maximum atomic E-state index is 10.6. The molecule has 0 N–H and O–H groups in total. The summed E-state index contributed by atoms with van der Waals surface area (Å²) in [6.45, 7) is 20.6. The van der Waals surface area contributed by atoms with Gasteiger partial charge in [-0.25, -0.2) is 0 Å². The average Bonchev–Trinajstić information content (AvgIpc) is 2.95. The van der Waals surface area contributed by atoms with Crippen molar-refractivity contribution < 1.29 is 9.16 Å². The number of benzene rings is 2. The van der Waals surface area contributed by atoms with E-state index in [1.165, 1.54) is 16.4 Å². The van der Waals surface area contributed by atoms with Crippen molar-refractivity contribution >= 4 is 27.7 Å². The molecule has 1 saturated carbocycles. The van der Waals surface area contributed by atoms with Crippen molar-refractivity contribution in [1.82, 2.24) is 0 Å². The van der Waals surface area contributed by atoms with Gasteiger partial charge in [0.05, 0.1) is 0 Å². The summed E-state index contributed by atoms with van der Waals surface area (Å²) >= 11 is -0.0674. The van der Waals surface area contributed by atoms with E-state index in [-0.39, 0.29) is 42.4 Å². The van der Waals surface area contributed by atoms with Crippen molar-refractivity contribution in [3.8, 4) is 12.1 Å². The molecule has 2 aromatic rings. The molecule has 1 aliphatic rings. The minimum absolute atomic E-state index is 0.0561. The second kappa shape index (κ2) is 14.2. The van der Waals surface area contributed by atoms with Crippen molar-refractivity contribution in [2.24, 2.45) is 23.2 Å². The van der Waals surface area contributed by atoms with E-state index < -0.39 is 13.7 Å². The molecule has 2 aromatic carbocycles. The van der Waals surface area contributed by atoms with Gasteiger partial charge < -0.3 is 0 Å². The van der Waals surface area contributed by atoms with Crippen LogP contribution in [0.5, 0.6) is 0 Å². The van der Waals surface area contributed by atoms with Gasteiger partial charge in [0.25, 0.3) is 0 Å². The SMILES string of the molecule is C[C@@H]1CC[C@@H](C(C)(C)c2ccccc2)[C@H](O[C@H]([Se]c2ccccc2)[C@H](C)C(C#N)(C#N)CCO[Si](C)(C)C(C)(C)C)C1. The van der Waals surface area contributed by atoms with E-state index >= 15 is 0 Å². The van der Waals surface area contributed by atoms with E-state index in [4.69, 9.17) is 9.16 Å². The molecule has 0 radical (unpaired) electrons. The number of rotatable bonds is 12. The third-order valence-corrected chi connectivity index (χ3v) is 17.4. The molecule has 3 rings (SSSR count). The molecule has 0 unspecified atom stereocenters. The quantitative estimate of drug-likeness (QED) is 0.217. The van der Waals surface area contributed by atoms with Crippen LogP contribution < -0.4 is 4.46 Å². The van der Waals surface area contributed by atoms with Crippen LogP contribution >= 0.6 is 0 Å². The molecule has 0 aromatic heterocycles. The summed E-state index contributed by atoms with van der Waals surface area (Å²) in [7, 11) is -2.00. The predicted octanol–water partition coefficient (Wildman–Crippen LogP) is 8.22. The molecule has 0 heterocycles. The van der Waals surface area contributed by atoms with Crippen LogP contribution in [0.25, 0.3) is 0 Å². The fourth-order valence-electron chi connectivity index (χ4n) is 5.92. The second-order valence-corrected chi connectivity index (χ2v) is 21.7. The van der Waals surface area contributed by atoms with E-state index in [1.807, 2.05) is 6.07 Å². The number of hydrogen-bond donors (Lipinski definition) is 0. The molecule has 1 fully saturated rings. The molecule has 0 saturated heterocycles. The molecule has 0 amide bonds. The second-order valence-electron chi connectivity index (χ2n) is 14.4. The molecule has 1 aliphatic carbocycles. The van der Waals surface area contributed by atoms with E-state index in [1.54, 1.807) is 0 Å². The van der Waals surface area contributed by atoms with Gasteiger partial charge in [-0.15, -0.1) is 0 Å². The van der Waals surface area contributed by atoms with Crippen LogP contribution in [0, 0.1) is 45.8 Å². The Morgan fingerprint density at radius 2 is 1.50 bits per heavy atom. The summed E-state index contributed by atoms with van der Waals surface area (Å²) in [5.74, 6) is 0.652. The van der Waals surface area contributed by atoms with Crippen molar-refractivity contribution in [3.63, 3.8) is 0 Å². The van der Waals surface area contributed by atoms with Crippen LogP contribution in [0.3, 0.4) is 0 Å². The number of hydrogen-bond acceptors (Lipinski definition) is 4. The average molecular weight is 652 g/mol. The normalized spacial score (nSPS) is 21.6. The monoisotopic (exact) mass is 652 g/mol. The van der Waals surface area contributed by atoms with Crippen molar-refractivity contribution in [2.75, 3.05) is 6.61 Å². The summed E-state index contributed by atoms with van der Waals surface area (Å²) in [5.41, 5.74) is 0.0920. The van der Waals surface area contributed by atoms with E-state index in [2.05, 4.69) is 128 Å². The third kappa shape index (κ3) is 8.16. The van der Waals surface area contributed by atoms with Crippen LogP contribution in [-0.2, 0) is 14.6 Å². The first-order chi connectivity index (χ1) is 19.7. The van der Waals surface area contributed by atoms with Crippen LogP contribution in [0.1, 0.15) is 79.7 Å². The zero-order chi connectivity index (χ0) is 31.2. The van der Waals surface area contributed by atoms with Gasteiger partial charge in [0.15, 0.2) is 0 Å². The fraction of sp³-hybridized carbons (Fsp3) is 0.611.